The third kappa shape index (κ3) is 6.48. The van der Waals surface area contributed by atoms with Gasteiger partial charge in [0.1, 0.15) is 29.1 Å². The smallest absolute Gasteiger partial charge is 0.338 e. The summed E-state index contributed by atoms with van der Waals surface area (Å²) < 4.78 is 29.6. The molecule has 2 aromatic heterocycles. The van der Waals surface area contributed by atoms with E-state index in [9.17, 15) is 14.4 Å². The van der Waals surface area contributed by atoms with Gasteiger partial charge in [-0.2, -0.15) is 0 Å². The third-order valence-corrected chi connectivity index (χ3v) is 8.27. The molecule has 1 atom stereocenters. The maximum atomic E-state index is 14.0. The van der Waals surface area contributed by atoms with Crippen LogP contribution in [-0.2, 0) is 14.3 Å². The molecule has 1 aliphatic rings. The molecule has 0 bridgehead atoms. The van der Waals surface area contributed by atoms with Gasteiger partial charge in [0.25, 0.3) is 5.56 Å². The Hall–Kier alpha value is -4.90. The highest BCUT2D eigenvalue weighted by Gasteiger charge is 2.35. The van der Waals surface area contributed by atoms with Crippen LogP contribution in [0, 0.1) is 0 Å². The average Bonchev–Trinajstić information content (AvgIpc) is 3.64. The Labute approximate surface area is 263 Å². The van der Waals surface area contributed by atoms with Gasteiger partial charge in [0.15, 0.2) is 4.80 Å². The van der Waals surface area contributed by atoms with Gasteiger partial charge < -0.3 is 23.4 Å². The van der Waals surface area contributed by atoms with Crippen LogP contribution in [0.3, 0.4) is 0 Å². The van der Waals surface area contributed by atoms with Crippen LogP contribution in [0.1, 0.15) is 61.3 Å². The molecule has 0 saturated heterocycles. The molecule has 0 spiro atoms. The number of carbonyl (C=O) groups is 2. The molecule has 0 unspecified atom stereocenters. The van der Waals surface area contributed by atoms with Crippen molar-refractivity contribution in [2.45, 2.75) is 39.7 Å². The number of hydrogen-bond donors (Lipinski definition) is 0. The Bertz CT molecular complexity index is 1930. The van der Waals surface area contributed by atoms with Gasteiger partial charge in [-0.15, -0.1) is 0 Å². The number of fused-ring (bicyclic) bond motifs is 1. The molecule has 4 aromatic rings. The summed E-state index contributed by atoms with van der Waals surface area (Å²) in [4.78, 5) is 44.5. The molecule has 2 aromatic carbocycles. The lowest BCUT2D eigenvalue weighted by Crippen LogP contribution is -2.40. The second kappa shape index (κ2) is 13.8. The van der Waals surface area contributed by atoms with Crippen molar-refractivity contribution >= 4 is 29.4 Å². The number of rotatable bonds is 11. The van der Waals surface area contributed by atoms with Gasteiger partial charge in [-0.1, -0.05) is 36.8 Å². The predicted molar refractivity (Wildman–Crippen MR) is 169 cm³/mol. The van der Waals surface area contributed by atoms with Crippen LogP contribution in [-0.4, -0.2) is 43.9 Å². The van der Waals surface area contributed by atoms with E-state index in [1.807, 2.05) is 6.92 Å². The largest absolute Gasteiger partial charge is 0.497 e. The zero-order chi connectivity index (χ0) is 32.1. The van der Waals surface area contributed by atoms with E-state index in [0.29, 0.717) is 55.8 Å². The van der Waals surface area contributed by atoms with E-state index in [1.54, 1.807) is 81.6 Å². The van der Waals surface area contributed by atoms with Gasteiger partial charge in [-0.3, -0.25) is 9.36 Å². The van der Waals surface area contributed by atoms with E-state index in [0.717, 1.165) is 18.4 Å². The first kappa shape index (κ1) is 31.5. The predicted octanol–water partition coefficient (Wildman–Crippen LogP) is 5.03. The summed E-state index contributed by atoms with van der Waals surface area (Å²) in [6.45, 7) is 6.04. The molecular weight excluding hydrogens is 596 g/mol. The van der Waals surface area contributed by atoms with Crippen LogP contribution in [0.2, 0.25) is 0 Å². The number of aromatic nitrogens is 1. The Balaban J connectivity index is 1.53. The fourth-order valence-electron chi connectivity index (χ4n) is 5.01. The number of hydrogen-bond acceptors (Lipinski definition) is 10. The van der Waals surface area contributed by atoms with E-state index in [1.165, 1.54) is 23.0 Å². The average molecular weight is 631 g/mol. The van der Waals surface area contributed by atoms with Gasteiger partial charge in [0.05, 0.1) is 48.8 Å². The lowest BCUT2D eigenvalue weighted by Gasteiger charge is -2.26. The first-order chi connectivity index (χ1) is 21.8. The maximum absolute atomic E-state index is 14.0. The molecule has 10 nitrogen and oxygen atoms in total. The Morgan fingerprint density at radius 2 is 1.78 bits per heavy atom. The monoisotopic (exact) mass is 630 g/mol. The number of unbranched alkanes of at least 4 members (excludes halogenated alkanes) is 1. The van der Waals surface area contributed by atoms with Gasteiger partial charge in [-0.05, 0) is 56.7 Å². The Morgan fingerprint density at radius 1 is 1.00 bits per heavy atom. The lowest BCUT2D eigenvalue weighted by molar-refractivity contribution is -0.139. The SMILES string of the molecule is CCCCOC(=O)c1ccc(-c2ccc(/C=c3\sc4n(c3=O)[C@H](c3ccc(OC)cc3OC)C(C(=O)OCC)=C(C)N=4)o2)cc1. The quantitative estimate of drug-likeness (QED) is 0.167. The van der Waals surface area contributed by atoms with Crippen LogP contribution < -0.4 is 24.4 Å². The first-order valence-corrected chi connectivity index (χ1v) is 15.4. The van der Waals surface area contributed by atoms with Gasteiger partial charge >= 0.3 is 11.9 Å². The van der Waals surface area contributed by atoms with Crippen LogP contribution in [0.4, 0.5) is 0 Å². The number of furan rings is 1. The van der Waals surface area contributed by atoms with E-state index < -0.39 is 12.0 Å². The summed E-state index contributed by atoms with van der Waals surface area (Å²) in [5.74, 6) is 1.11. The van der Waals surface area contributed by atoms with Crippen LogP contribution in [0.25, 0.3) is 17.4 Å². The molecule has 0 saturated carbocycles. The molecule has 0 fully saturated rings. The molecule has 0 radical (unpaired) electrons. The highest BCUT2D eigenvalue weighted by atomic mass is 32.1. The number of esters is 2. The zero-order valence-electron chi connectivity index (χ0n) is 25.7. The highest BCUT2D eigenvalue weighted by Crippen LogP contribution is 2.37. The molecule has 3 heterocycles. The van der Waals surface area contributed by atoms with Crippen LogP contribution in [0.15, 0.2) is 80.1 Å². The first-order valence-electron chi connectivity index (χ1n) is 14.6. The van der Waals surface area contributed by atoms with Gasteiger partial charge in [0, 0.05) is 23.3 Å². The summed E-state index contributed by atoms with van der Waals surface area (Å²) >= 11 is 1.19. The summed E-state index contributed by atoms with van der Waals surface area (Å²) in [5, 5.41) is 0. The third-order valence-electron chi connectivity index (χ3n) is 7.29. The minimum Gasteiger partial charge on any atom is -0.497 e. The molecule has 0 aliphatic carbocycles. The van der Waals surface area contributed by atoms with E-state index >= 15 is 0 Å². The topological polar surface area (TPSA) is 119 Å². The minimum atomic E-state index is -0.845. The van der Waals surface area contributed by atoms with Crippen molar-refractivity contribution in [3.63, 3.8) is 0 Å². The van der Waals surface area contributed by atoms with Crippen LogP contribution in [0.5, 0.6) is 11.5 Å². The van der Waals surface area contributed by atoms with Gasteiger partial charge in [0.2, 0.25) is 0 Å². The minimum absolute atomic E-state index is 0.166. The number of thiazole rings is 1. The molecular formula is C34H34N2O8S. The van der Waals surface area contributed by atoms with Crippen LogP contribution >= 0.6 is 11.3 Å². The molecule has 5 rings (SSSR count). The lowest BCUT2D eigenvalue weighted by atomic mass is 9.95. The van der Waals surface area contributed by atoms with Crippen molar-refractivity contribution in [3.8, 4) is 22.8 Å². The summed E-state index contributed by atoms with van der Waals surface area (Å²) in [5.41, 5.74) is 2.16. The number of methoxy groups -OCH3 is 2. The number of allylic oxidation sites excluding steroid dienone is 1. The summed E-state index contributed by atoms with van der Waals surface area (Å²) in [6, 6.07) is 14.9. The second-order valence-corrected chi connectivity index (χ2v) is 11.2. The molecule has 0 amide bonds. The number of benzene rings is 2. The summed E-state index contributed by atoms with van der Waals surface area (Å²) in [6.07, 6.45) is 3.42. The van der Waals surface area contributed by atoms with Crippen molar-refractivity contribution in [2.24, 2.45) is 4.99 Å². The number of ether oxygens (including phenoxy) is 4. The fourth-order valence-corrected chi connectivity index (χ4v) is 6.03. The second-order valence-electron chi connectivity index (χ2n) is 10.2. The molecule has 0 N–H and O–H groups in total. The van der Waals surface area contributed by atoms with Gasteiger partial charge in [-0.25, -0.2) is 14.6 Å². The van der Waals surface area contributed by atoms with Crippen molar-refractivity contribution < 1.29 is 33.0 Å². The number of carbonyl (C=O) groups excluding carboxylic acids is 2. The fraction of sp³-hybridized carbons (Fsp3) is 0.294. The molecule has 45 heavy (non-hydrogen) atoms. The molecule has 1 aliphatic heterocycles. The summed E-state index contributed by atoms with van der Waals surface area (Å²) in [7, 11) is 3.07. The zero-order valence-corrected chi connectivity index (χ0v) is 26.6. The van der Waals surface area contributed by atoms with Crippen molar-refractivity contribution in [2.75, 3.05) is 27.4 Å². The normalized spacial score (nSPS) is 14.5. The Kier molecular flexibility index (Phi) is 9.68. The maximum Gasteiger partial charge on any atom is 0.338 e. The van der Waals surface area contributed by atoms with E-state index in [2.05, 4.69) is 4.99 Å². The highest BCUT2D eigenvalue weighted by molar-refractivity contribution is 7.07. The molecule has 11 heteroatoms. The molecule has 234 valence electrons. The number of nitrogens with zero attached hydrogens (tertiary/aromatic N) is 2. The Morgan fingerprint density at radius 3 is 2.47 bits per heavy atom. The standard InChI is InChI=1S/C34H34N2O8S/c1-6-8-17-43-32(38)22-11-9-21(10-12-22)26-16-14-24(44-26)19-28-31(37)36-30(25-15-13-23(40-4)18-27(25)41-5)29(33(39)42-7-2)20(3)35-34(36)45-28/h9-16,18-19,30H,6-8,17H2,1-5H3/b28-19-/t30-/m1/s1. The van der Waals surface area contributed by atoms with E-state index in [4.69, 9.17) is 23.4 Å². The van der Waals surface area contributed by atoms with Crippen molar-refractivity contribution in [1.29, 1.82) is 0 Å². The van der Waals surface area contributed by atoms with Crippen molar-refractivity contribution in [1.82, 2.24) is 4.57 Å². The van der Waals surface area contributed by atoms with Crippen molar-refractivity contribution in [3.05, 3.63) is 102 Å². The van der Waals surface area contributed by atoms with E-state index in [-0.39, 0.29) is 23.7 Å².